The third-order valence-corrected chi connectivity index (χ3v) is 3.34. The van der Waals surface area contributed by atoms with E-state index in [4.69, 9.17) is 13.9 Å². The number of aryl methyl sites for hydroxylation is 1. The van der Waals surface area contributed by atoms with E-state index in [1.165, 1.54) is 18.3 Å². The first-order chi connectivity index (χ1) is 12.0. The van der Waals surface area contributed by atoms with Gasteiger partial charge in [-0.1, -0.05) is 12.1 Å². The van der Waals surface area contributed by atoms with Gasteiger partial charge in [-0.05, 0) is 43.3 Å². The Morgan fingerprint density at radius 2 is 1.96 bits per heavy atom. The van der Waals surface area contributed by atoms with Gasteiger partial charge in [0.25, 0.3) is 0 Å². The molecule has 0 aliphatic carbocycles. The number of carbonyl (C=O) groups is 2. The molecule has 0 aliphatic heterocycles. The maximum absolute atomic E-state index is 11.8. The second-order valence-electron chi connectivity index (χ2n) is 5.20. The van der Waals surface area contributed by atoms with Crippen LogP contribution in [0.25, 0.3) is 11.3 Å². The zero-order chi connectivity index (χ0) is 17.8. The topological polar surface area (TPSA) is 105 Å². The standard InChI is InChI=1S/C18H14N2O5/c1-11-5-7-16(24-11)17(21)20-19-10-14-6-8-15(25-14)12-3-2-4-13(9-12)18(22)23/h2-10H,1H3,(H,20,21)(H,22,23)/b19-10-. The molecule has 0 atom stereocenters. The van der Waals surface area contributed by atoms with Crippen LogP contribution in [0.1, 0.15) is 32.4 Å². The van der Waals surface area contributed by atoms with Gasteiger partial charge in [0.15, 0.2) is 5.76 Å². The molecular formula is C18H14N2O5. The molecule has 2 N–H and O–H groups in total. The number of rotatable bonds is 5. The van der Waals surface area contributed by atoms with Crippen molar-refractivity contribution in [3.8, 4) is 11.3 Å². The number of carboxylic acid groups (broad SMARTS) is 1. The van der Waals surface area contributed by atoms with Crippen LogP contribution in [0.5, 0.6) is 0 Å². The van der Waals surface area contributed by atoms with Crippen molar-refractivity contribution in [3.05, 3.63) is 71.4 Å². The van der Waals surface area contributed by atoms with Crippen LogP contribution in [0.2, 0.25) is 0 Å². The first kappa shape index (κ1) is 16.3. The van der Waals surface area contributed by atoms with Crippen molar-refractivity contribution < 1.29 is 23.5 Å². The highest BCUT2D eigenvalue weighted by atomic mass is 16.4. The van der Waals surface area contributed by atoms with Crippen LogP contribution < -0.4 is 5.43 Å². The normalized spacial score (nSPS) is 10.9. The van der Waals surface area contributed by atoms with Gasteiger partial charge < -0.3 is 13.9 Å². The predicted molar refractivity (Wildman–Crippen MR) is 89.6 cm³/mol. The fraction of sp³-hybridized carbons (Fsp3) is 0.0556. The molecule has 3 aromatic rings. The Hall–Kier alpha value is -3.61. The molecule has 7 heteroatoms. The molecule has 126 valence electrons. The summed E-state index contributed by atoms with van der Waals surface area (Å²) in [5.74, 6) is 0.231. The van der Waals surface area contributed by atoms with Crippen LogP contribution in [0, 0.1) is 6.92 Å². The van der Waals surface area contributed by atoms with Gasteiger partial charge in [0.1, 0.15) is 17.3 Å². The van der Waals surface area contributed by atoms with Crippen molar-refractivity contribution in [2.24, 2.45) is 5.10 Å². The summed E-state index contributed by atoms with van der Waals surface area (Å²) in [7, 11) is 0. The lowest BCUT2D eigenvalue weighted by atomic mass is 10.1. The number of aromatic carboxylic acids is 1. The number of hydrogen-bond acceptors (Lipinski definition) is 5. The van der Waals surface area contributed by atoms with Crippen molar-refractivity contribution in [3.63, 3.8) is 0 Å². The van der Waals surface area contributed by atoms with E-state index < -0.39 is 11.9 Å². The van der Waals surface area contributed by atoms with Crippen molar-refractivity contribution in [1.29, 1.82) is 0 Å². The molecule has 0 fully saturated rings. The molecule has 7 nitrogen and oxygen atoms in total. The van der Waals surface area contributed by atoms with Gasteiger partial charge in [-0.15, -0.1) is 0 Å². The zero-order valence-electron chi connectivity index (χ0n) is 13.2. The molecule has 25 heavy (non-hydrogen) atoms. The predicted octanol–water partition coefficient (Wildman–Crippen LogP) is 3.31. The fourth-order valence-corrected chi connectivity index (χ4v) is 2.15. The van der Waals surface area contributed by atoms with Gasteiger partial charge >= 0.3 is 11.9 Å². The Morgan fingerprint density at radius 3 is 2.68 bits per heavy atom. The average molecular weight is 338 g/mol. The summed E-state index contributed by atoms with van der Waals surface area (Å²) in [6.45, 7) is 1.74. The Labute approximate surface area is 142 Å². The van der Waals surface area contributed by atoms with Gasteiger partial charge in [-0.25, -0.2) is 10.2 Å². The molecule has 0 aliphatic rings. The van der Waals surface area contributed by atoms with Gasteiger partial charge in [-0.2, -0.15) is 5.10 Å². The molecule has 1 amide bonds. The van der Waals surface area contributed by atoms with Crippen LogP contribution in [0.3, 0.4) is 0 Å². The van der Waals surface area contributed by atoms with Gasteiger partial charge in [0, 0.05) is 5.56 Å². The SMILES string of the molecule is Cc1ccc(C(=O)N/N=C\c2ccc(-c3cccc(C(=O)O)c3)o2)o1. The monoisotopic (exact) mass is 338 g/mol. The quantitative estimate of drug-likeness (QED) is 0.548. The maximum Gasteiger partial charge on any atom is 0.335 e. The van der Waals surface area contributed by atoms with Gasteiger partial charge in [0.05, 0.1) is 11.8 Å². The smallest absolute Gasteiger partial charge is 0.335 e. The minimum Gasteiger partial charge on any atom is -0.478 e. The second-order valence-corrected chi connectivity index (χ2v) is 5.20. The van der Waals surface area contributed by atoms with Crippen molar-refractivity contribution in [2.75, 3.05) is 0 Å². The van der Waals surface area contributed by atoms with Crippen molar-refractivity contribution in [2.45, 2.75) is 6.92 Å². The molecule has 0 bridgehead atoms. The summed E-state index contributed by atoms with van der Waals surface area (Å²) in [6, 6.07) is 13.0. The molecular weight excluding hydrogens is 324 g/mol. The van der Waals surface area contributed by atoms with Crippen molar-refractivity contribution in [1.82, 2.24) is 5.43 Å². The van der Waals surface area contributed by atoms with Crippen LogP contribution in [-0.4, -0.2) is 23.2 Å². The average Bonchev–Trinajstić information content (AvgIpc) is 3.24. The van der Waals surface area contributed by atoms with Crippen LogP contribution >= 0.6 is 0 Å². The molecule has 2 aromatic heterocycles. The summed E-state index contributed by atoms with van der Waals surface area (Å²) >= 11 is 0. The van der Waals surface area contributed by atoms with E-state index in [1.54, 1.807) is 43.3 Å². The number of nitrogens with zero attached hydrogens (tertiary/aromatic N) is 1. The maximum atomic E-state index is 11.8. The zero-order valence-corrected chi connectivity index (χ0v) is 13.2. The molecule has 2 heterocycles. The summed E-state index contributed by atoms with van der Waals surface area (Å²) in [4.78, 5) is 22.8. The highest BCUT2D eigenvalue weighted by Gasteiger charge is 2.09. The number of furan rings is 2. The van der Waals surface area contributed by atoms with E-state index in [0.29, 0.717) is 22.8 Å². The van der Waals surface area contributed by atoms with E-state index in [-0.39, 0.29) is 11.3 Å². The molecule has 0 radical (unpaired) electrons. The molecule has 0 spiro atoms. The Kier molecular flexibility index (Phi) is 4.47. The first-order valence-electron chi connectivity index (χ1n) is 7.36. The molecule has 1 aromatic carbocycles. The lowest BCUT2D eigenvalue weighted by molar-refractivity contribution is 0.0696. The number of amides is 1. The van der Waals surface area contributed by atoms with Gasteiger partial charge in [0.2, 0.25) is 0 Å². The summed E-state index contributed by atoms with van der Waals surface area (Å²) in [6.07, 6.45) is 1.35. The molecule has 3 rings (SSSR count). The first-order valence-corrected chi connectivity index (χ1v) is 7.36. The van der Waals surface area contributed by atoms with E-state index >= 15 is 0 Å². The number of carbonyl (C=O) groups excluding carboxylic acids is 1. The van der Waals surface area contributed by atoms with Crippen LogP contribution in [0.4, 0.5) is 0 Å². The molecule has 0 saturated heterocycles. The Balaban J connectivity index is 1.68. The van der Waals surface area contributed by atoms with Crippen LogP contribution in [0.15, 0.2) is 62.5 Å². The number of carboxylic acids is 1. The van der Waals surface area contributed by atoms with Crippen molar-refractivity contribution >= 4 is 18.1 Å². The number of hydrogen-bond donors (Lipinski definition) is 2. The van der Waals surface area contributed by atoms with E-state index in [0.717, 1.165) is 0 Å². The number of nitrogens with one attached hydrogen (secondary N) is 1. The van der Waals surface area contributed by atoms with E-state index in [2.05, 4.69) is 10.5 Å². The van der Waals surface area contributed by atoms with E-state index in [1.807, 2.05) is 0 Å². The second kappa shape index (κ2) is 6.88. The number of hydrazone groups is 1. The minimum absolute atomic E-state index is 0.167. The summed E-state index contributed by atoms with van der Waals surface area (Å²) < 4.78 is 10.8. The Morgan fingerprint density at radius 1 is 1.12 bits per heavy atom. The fourth-order valence-electron chi connectivity index (χ4n) is 2.15. The third-order valence-electron chi connectivity index (χ3n) is 3.34. The highest BCUT2D eigenvalue weighted by Crippen LogP contribution is 2.22. The Bertz CT molecular complexity index is 952. The van der Waals surface area contributed by atoms with E-state index in [9.17, 15) is 9.59 Å². The summed E-state index contributed by atoms with van der Waals surface area (Å²) in [5.41, 5.74) is 3.14. The lowest BCUT2D eigenvalue weighted by Crippen LogP contribution is -2.16. The lowest BCUT2D eigenvalue weighted by Gasteiger charge is -1.99. The summed E-state index contributed by atoms with van der Waals surface area (Å²) in [5, 5.41) is 12.8. The highest BCUT2D eigenvalue weighted by molar-refractivity contribution is 5.92. The minimum atomic E-state index is -1.01. The molecule has 0 saturated carbocycles. The third kappa shape index (κ3) is 3.84. The van der Waals surface area contributed by atoms with Crippen LogP contribution in [-0.2, 0) is 0 Å². The molecule has 0 unspecified atom stereocenters. The largest absolute Gasteiger partial charge is 0.478 e. The number of benzene rings is 1. The van der Waals surface area contributed by atoms with Gasteiger partial charge in [-0.3, -0.25) is 4.79 Å².